The number of carbonyl (C=O) groups is 1. The Balaban J connectivity index is 0.00000480. The minimum atomic E-state index is -2.94. The highest BCUT2D eigenvalue weighted by molar-refractivity contribution is 14.0. The van der Waals surface area contributed by atoms with Gasteiger partial charge in [-0.15, -0.1) is 24.0 Å². The van der Waals surface area contributed by atoms with Gasteiger partial charge in [0.05, 0.1) is 13.7 Å². The fourth-order valence-electron chi connectivity index (χ4n) is 2.67. The zero-order chi connectivity index (χ0) is 21.9. The highest BCUT2D eigenvalue weighted by atomic mass is 127. The summed E-state index contributed by atoms with van der Waals surface area (Å²) < 4.78 is 34.9. The first-order valence-electron chi connectivity index (χ1n) is 9.40. The Morgan fingerprint density at radius 2 is 1.94 bits per heavy atom. The molecule has 3 N–H and O–H groups in total. The molecule has 0 heterocycles. The van der Waals surface area contributed by atoms with Crippen molar-refractivity contribution in [2.24, 2.45) is 4.99 Å². The maximum atomic E-state index is 12.6. The number of guanidine groups is 1. The van der Waals surface area contributed by atoms with Crippen molar-refractivity contribution in [3.63, 3.8) is 0 Å². The van der Waals surface area contributed by atoms with E-state index in [2.05, 4.69) is 25.7 Å². The quantitative estimate of drug-likeness (QED) is 0.253. The molecule has 0 radical (unpaired) electrons. The smallest absolute Gasteiger partial charge is 0.387 e. The Kier molecular flexibility index (Phi) is 11.6. The predicted octanol–water partition coefficient (Wildman–Crippen LogP) is 3.78. The average molecular weight is 548 g/mol. The number of rotatable bonds is 9. The van der Waals surface area contributed by atoms with Gasteiger partial charge in [-0.25, -0.2) is 0 Å². The second-order valence-corrected chi connectivity index (χ2v) is 6.23. The van der Waals surface area contributed by atoms with E-state index >= 15 is 0 Å². The number of benzene rings is 2. The number of amides is 1. The first-order valence-corrected chi connectivity index (χ1v) is 9.40. The predicted molar refractivity (Wildman–Crippen MR) is 128 cm³/mol. The topological polar surface area (TPSA) is 84.0 Å². The van der Waals surface area contributed by atoms with E-state index in [1.165, 1.54) is 19.2 Å². The third-order valence-electron chi connectivity index (χ3n) is 4.19. The molecule has 2 aromatic rings. The van der Waals surface area contributed by atoms with Crippen molar-refractivity contribution in [3.05, 3.63) is 53.6 Å². The van der Waals surface area contributed by atoms with Crippen molar-refractivity contribution in [3.8, 4) is 11.5 Å². The van der Waals surface area contributed by atoms with Crippen LogP contribution in [0.25, 0.3) is 0 Å². The van der Waals surface area contributed by atoms with Crippen molar-refractivity contribution in [2.75, 3.05) is 26.0 Å². The van der Waals surface area contributed by atoms with Gasteiger partial charge in [0.25, 0.3) is 0 Å². The Labute approximate surface area is 197 Å². The molecule has 0 spiro atoms. The lowest BCUT2D eigenvalue weighted by molar-refractivity contribution is -0.115. The number of aryl methyl sites for hydroxylation is 1. The molecule has 2 rings (SSSR count). The Morgan fingerprint density at radius 1 is 1.16 bits per heavy atom. The molecule has 0 bridgehead atoms. The number of hydrogen-bond acceptors (Lipinski definition) is 4. The standard InChI is InChI=1S/C21H26F2N4O3.HI/c1-4-14-6-5-7-16(10-14)27-19(28)13-26-21(24-2)25-12-15-11-17(29-3)8-9-18(15)30-20(22)23;/h5-11,20H,4,12-13H2,1-3H3,(H,27,28)(H2,24,25,26);1H. The zero-order valence-electron chi connectivity index (χ0n) is 17.6. The molecule has 0 atom stereocenters. The van der Waals surface area contributed by atoms with Gasteiger partial charge in [0.2, 0.25) is 5.91 Å². The van der Waals surface area contributed by atoms with E-state index in [0.29, 0.717) is 23.0 Å². The number of hydrogen-bond donors (Lipinski definition) is 3. The van der Waals surface area contributed by atoms with Crippen molar-refractivity contribution < 1.29 is 23.0 Å². The van der Waals surface area contributed by atoms with E-state index in [0.717, 1.165) is 12.0 Å². The van der Waals surface area contributed by atoms with Gasteiger partial charge in [0.15, 0.2) is 5.96 Å². The molecule has 0 aliphatic rings. The number of alkyl halides is 2. The summed E-state index contributed by atoms with van der Waals surface area (Å²) in [6, 6.07) is 12.1. The molecule has 1 amide bonds. The number of anilines is 1. The summed E-state index contributed by atoms with van der Waals surface area (Å²) in [5.41, 5.74) is 2.30. The number of ether oxygens (including phenoxy) is 2. The molecule has 10 heteroatoms. The second-order valence-electron chi connectivity index (χ2n) is 6.23. The van der Waals surface area contributed by atoms with Gasteiger partial charge in [0, 0.05) is 24.8 Å². The molecule has 170 valence electrons. The molecule has 31 heavy (non-hydrogen) atoms. The first kappa shape index (κ1) is 26.4. The van der Waals surface area contributed by atoms with E-state index < -0.39 is 6.61 Å². The third kappa shape index (κ3) is 8.95. The Bertz CT molecular complexity index is 881. The van der Waals surface area contributed by atoms with Crippen LogP contribution in [0.4, 0.5) is 14.5 Å². The van der Waals surface area contributed by atoms with Crippen LogP contribution < -0.4 is 25.4 Å². The van der Waals surface area contributed by atoms with Crippen molar-refractivity contribution in [2.45, 2.75) is 26.5 Å². The van der Waals surface area contributed by atoms with E-state index in [-0.39, 0.29) is 48.7 Å². The van der Waals surface area contributed by atoms with Crippen molar-refractivity contribution >= 4 is 41.5 Å². The fraction of sp³-hybridized carbons (Fsp3) is 0.333. The number of aliphatic imine (C=N–C) groups is 1. The highest BCUT2D eigenvalue weighted by Crippen LogP contribution is 2.25. The lowest BCUT2D eigenvalue weighted by Gasteiger charge is -2.15. The maximum absolute atomic E-state index is 12.6. The lowest BCUT2D eigenvalue weighted by atomic mass is 10.1. The van der Waals surface area contributed by atoms with Crippen LogP contribution in [0.1, 0.15) is 18.1 Å². The number of nitrogens with one attached hydrogen (secondary N) is 3. The van der Waals surface area contributed by atoms with Gasteiger partial charge in [-0.2, -0.15) is 8.78 Å². The van der Waals surface area contributed by atoms with Crippen LogP contribution in [0.15, 0.2) is 47.5 Å². The summed E-state index contributed by atoms with van der Waals surface area (Å²) in [5, 5.41) is 8.66. The minimum absolute atomic E-state index is 0. The maximum Gasteiger partial charge on any atom is 0.387 e. The number of methoxy groups -OCH3 is 1. The van der Waals surface area contributed by atoms with Gasteiger partial charge in [-0.1, -0.05) is 19.1 Å². The summed E-state index contributed by atoms with van der Waals surface area (Å²) in [6.07, 6.45) is 0.875. The summed E-state index contributed by atoms with van der Waals surface area (Å²) >= 11 is 0. The third-order valence-corrected chi connectivity index (χ3v) is 4.19. The summed E-state index contributed by atoms with van der Waals surface area (Å²) in [6.45, 7) is -0.782. The lowest BCUT2D eigenvalue weighted by Crippen LogP contribution is -2.41. The molecular formula is C21H27F2IN4O3. The zero-order valence-corrected chi connectivity index (χ0v) is 19.9. The number of nitrogens with zero attached hydrogens (tertiary/aromatic N) is 1. The normalized spacial score (nSPS) is 10.8. The minimum Gasteiger partial charge on any atom is -0.497 e. The van der Waals surface area contributed by atoms with Crippen LogP contribution >= 0.6 is 24.0 Å². The molecule has 2 aromatic carbocycles. The van der Waals surface area contributed by atoms with Crippen LogP contribution in [0.2, 0.25) is 0 Å². The van der Waals surface area contributed by atoms with Crippen LogP contribution in [0, 0.1) is 0 Å². The second kappa shape index (κ2) is 13.6. The number of carbonyl (C=O) groups excluding carboxylic acids is 1. The first-order chi connectivity index (χ1) is 14.4. The molecular weight excluding hydrogens is 521 g/mol. The van der Waals surface area contributed by atoms with E-state index in [9.17, 15) is 13.6 Å². The molecule has 0 saturated heterocycles. The molecule has 7 nitrogen and oxygen atoms in total. The van der Waals surface area contributed by atoms with Gasteiger partial charge < -0.3 is 25.4 Å². The summed E-state index contributed by atoms with van der Waals surface area (Å²) in [5.74, 6) is 0.625. The largest absolute Gasteiger partial charge is 0.497 e. The molecule has 0 aromatic heterocycles. The van der Waals surface area contributed by atoms with Gasteiger partial charge in [0.1, 0.15) is 11.5 Å². The fourth-order valence-corrected chi connectivity index (χ4v) is 2.67. The average Bonchev–Trinajstić information content (AvgIpc) is 2.74. The van der Waals surface area contributed by atoms with Crippen LogP contribution in [-0.2, 0) is 17.8 Å². The van der Waals surface area contributed by atoms with Gasteiger partial charge in [-0.05, 0) is 42.3 Å². The monoisotopic (exact) mass is 548 g/mol. The van der Waals surface area contributed by atoms with E-state index in [4.69, 9.17) is 4.74 Å². The van der Waals surface area contributed by atoms with Gasteiger partial charge >= 0.3 is 6.61 Å². The van der Waals surface area contributed by atoms with E-state index in [1.807, 2.05) is 31.2 Å². The molecule has 0 unspecified atom stereocenters. The SMILES string of the molecule is CCc1cccc(NC(=O)CNC(=NC)NCc2cc(OC)ccc2OC(F)F)c1.I. The molecule has 0 aliphatic carbocycles. The highest BCUT2D eigenvalue weighted by Gasteiger charge is 2.12. The Morgan fingerprint density at radius 3 is 2.58 bits per heavy atom. The molecule has 0 saturated carbocycles. The number of halogens is 3. The van der Waals surface area contributed by atoms with Crippen LogP contribution in [-0.4, -0.2) is 39.2 Å². The van der Waals surface area contributed by atoms with E-state index in [1.54, 1.807) is 13.1 Å². The summed E-state index contributed by atoms with van der Waals surface area (Å²) in [4.78, 5) is 16.2. The van der Waals surface area contributed by atoms with Gasteiger partial charge in [-0.3, -0.25) is 9.79 Å². The molecule has 0 aliphatic heterocycles. The Hall–Kier alpha value is -2.63. The van der Waals surface area contributed by atoms with Crippen LogP contribution in [0.5, 0.6) is 11.5 Å². The van der Waals surface area contributed by atoms with Crippen molar-refractivity contribution in [1.82, 2.24) is 10.6 Å². The van der Waals surface area contributed by atoms with Crippen molar-refractivity contribution in [1.29, 1.82) is 0 Å². The van der Waals surface area contributed by atoms with Crippen LogP contribution in [0.3, 0.4) is 0 Å². The summed E-state index contributed by atoms with van der Waals surface area (Å²) in [7, 11) is 3.02. The molecule has 0 fully saturated rings.